The van der Waals surface area contributed by atoms with Gasteiger partial charge in [-0.2, -0.15) is 0 Å². The average molecular weight is 374 g/mol. The zero-order chi connectivity index (χ0) is 17.9. The van der Waals surface area contributed by atoms with Crippen LogP contribution in [0, 0.1) is 0 Å². The molecular weight excluding hydrogens is 360 g/mol. The van der Waals surface area contributed by atoms with Gasteiger partial charge in [-0.15, -0.1) is 21.5 Å². The van der Waals surface area contributed by atoms with Crippen molar-refractivity contribution in [3.63, 3.8) is 0 Å². The lowest BCUT2D eigenvalue weighted by atomic mass is 10.1. The minimum atomic E-state index is -3.64. The first-order valence-electron chi connectivity index (χ1n) is 7.22. The molecule has 2 N–H and O–H groups in total. The predicted octanol–water partition coefficient (Wildman–Crippen LogP) is 3.29. The van der Waals surface area contributed by atoms with E-state index in [4.69, 9.17) is 0 Å². The number of aromatic nitrogens is 2. The number of nitrogens with zero attached hydrogens (tertiary/aromatic N) is 2. The smallest absolute Gasteiger partial charge is 0.272 e. The third kappa shape index (κ3) is 4.20. The molecule has 0 unspecified atom stereocenters. The van der Waals surface area contributed by atoms with Crippen LogP contribution in [0.2, 0.25) is 0 Å². The Morgan fingerprint density at radius 1 is 1.00 bits per heavy atom. The summed E-state index contributed by atoms with van der Waals surface area (Å²) in [5, 5.41) is 12.5. The first kappa shape index (κ1) is 17.1. The fourth-order valence-corrected chi connectivity index (χ4v) is 3.98. The Morgan fingerprint density at radius 2 is 1.68 bits per heavy atom. The predicted molar refractivity (Wildman–Crippen MR) is 96.9 cm³/mol. The van der Waals surface area contributed by atoms with Crippen molar-refractivity contribution in [2.75, 3.05) is 10.0 Å². The zero-order valence-corrected chi connectivity index (χ0v) is 14.8. The van der Waals surface area contributed by atoms with Gasteiger partial charge < -0.3 is 5.32 Å². The summed E-state index contributed by atoms with van der Waals surface area (Å²) in [4.78, 5) is 11.3. The molecule has 0 bridgehead atoms. The lowest BCUT2D eigenvalue weighted by Crippen LogP contribution is -2.13. The third-order valence-corrected chi connectivity index (χ3v) is 5.98. The highest BCUT2D eigenvalue weighted by atomic mass is 32.2. The Hall–Kier alpha value is -2.78. The summed E-state index contributed by atoms with van der Waals surface area (Å²) < 4.78 is 26.8. The van der Waals surface area contributed by atoms with Crippen LogP contribution in [0.5, 0.6) is 0 Å². The van der Waals surface area contributed by atoms with Gasteiger partial charge in [-0.05, 0) is 54.8 Å². The van der Waals surface area contributed by atoms with E-state index in [0.29, 0.717) is 11.4 Å². The standard InChI is InChI=1S/C16H14N4O3S2/c1-11(21)12-4-6-13(7-5-12)17-14-8-9-15(19-18-14)20-25(22,23)16-3-2-10-24-16/h2-10H,1H3,(H,17,18)(H,19,20). The van der Waals surface area contributed by atoms with Crippen molar-refractivity contribution in [2.24, 2.45) is 0 Å². The Kier molecular flexibility index (Phi) is 4.77. The van der Waals surface area contributed by atoms with E-state index in [0.717, 1.165) is 17.0 Å². The minimum absolute atomic E-state index is 0.00582. The summed E-state index contributed by atoms with van der Waals surface area (Å²) in [7, 11) is -3.64. The number of carbonyl (C=O) groups is 1. The topological polar surface area (TPSA) is 101 Å². The number of benzene rings is 1. The molecule has 0 atom stereocenters. The molecule has 128 valence electrons. The quantitative estimate of drug-likeness (QED) is 0.642. The monoisotopic (exact) mass is 374 g/mol. The van der Waals surface area contributed by atoms with E-state index in [9.17, 15) is 13.2 Å². The Balaban J connectivity index is 1.69. The second kappa shape index (κ2) is 6.99. The van der Waals surface area contributed by atoms with Gasteiger partial charge in [-0.3, -0.25) is 9.52 Å². The zero-order valence-electron chi connectivity index (χ0n) is 13.1. The average Bonchev–Trinajstić information content (AvgIpc) is 3.12. The van der Waals surface area contributed by atoms with Crippen LogP contribution in [0.25, 0.3) is 0 Å². The van der Waals surface area contributed by atoms with Gasteiger partial charge in [0.2, 0.25) is 0 Å². The molecule has 0 radical (unpaired) electrons. The van der Waals surface area contributed by atoms with E-state index >= 15 is 0 Å². The van der Waals surface area contributed by atoms with Crippen LogP contribution in [0.1, 0.15) is 17.3 Å². The molecular formula is C16H14N4O3S2. The van der Waals surface area contributed by atoms with Crippen LogP contribution in [0.15, 0.2) is 58.1 Å². The summed E-state index contributed by atoms with van der Waals surface area (Å²) in [5.41, 5.74) is 1.36. The van der Waals surface area contributed by atoms with Gasteiger partial charge in [0.1, 0.15) is 4.21 Å². The SMILES string of the molecule is CC(=O)c1ccc(Nc2ccc(NS(=O)(=O)c3cccs3)nn2)cc1. The Bertz CT molecular complexity index is 967. The largest absolute Gasteiger partial charge is 0.339 e. The lowest BCUT2D eigenvalue weighted by molar-refractivity contribution is 0.101. The summed E-state index contributed by atoms with van der Waals surface area (Å²) in [6.07, 6.45) is 0. The second-order valence-electron chi connectivity index (χ2n) is 5.10. The van der Waals surface area contributed by atoms with E-state index in [1.54, 1.807) is 41.8 Å². The maximum absolute atomic E-state index is 12.1. The van der Waals surface area contributed by atoms with Gasteiger partial charge in [0.15, 0.2) is 17.4 Å². The molecule has 25 heavy (non-hydrogen) atoms. The van der Waals surface area contributed by atoms with Gasteiger partial charge in [0, 0.05) is 11.3 Å². The third-order valence-electron chi connectivity index (χ3n) is 3.23. The van der Waals surface area contributed by atoms with E-state index < -0.39 is 10.0 Å². The number of anilines is 3. The number of thiophene rings is 1. The molecule has 9 heteroatoms. The van der Waals surface area contributed by atoms with Crippen LogP contribution in [0.4, 0.5) is 17.3 Å². The number of ketones is 1. The normalized spacial score (nSPS) is 11.1. The summed E-state index contributed by atoms with van der Waals surface area (Å²) in [5.74, 6) is 0.578. The molecule has 0 saturated heterocycles. The Morgan fingerprint density at radius 3 is 2.24 bits per heavy atom. The summed E-state index contributed by atoms with van der Waals surface area (Å²) in [6, 6.07) is 13.2. The molecule has 0 aliphatic rings. The fraction of sp³-hybridized carbons (Fsp3) is 0.0625. The first-order chi connectivity index (χ1) is 11.9. The van der Waals surface area contributed by atoms with Gasteiger partial charge in [-0.1, -0.05) is 6.07 Å². The van der Waals surface area contributed by atoms with E-state index in [-0.39, 0.29) is 15.8 Å². The minimum Gasteiger partial charge on any atom is -0.339 e. The van der Waals surface area contributed by atoms with Gasteiger partial charge in [0.05, 0.1) is 0 Å². The van der Waals surface area contributed by atoms with Crippen molar-refractivity contribution in [1.29, 1.82) is 0 Å². The van der Waals surface area contributed by atoms with Crippen molar-refractivity contribution in [3.8, 4) is 0 Å². The van der Waals surface area contributed by atoms with Crippen LogP contribution < -0.4 is 10.0 Å². The van der Waals surface area contributed by atoms with Crippen molar-refractivity contribution in [2.45, 2.75) is 11.1 Å². The van der Waals surface area contributed by atoms with Gasteiger partial charge >= 0.3 is 0 Å². The number of sulfonamides is 1. The van der Waals surface area contributed by atoms with Crippen LogP contribution in [0.3, 0.4) is 0 Å². The van der Waals surface area contributed by atoms with Crippen LogP contribution in [-0.2, 0) is 10.0 Å². The van der Waals surface area contributed by atoms with Crippen molar-refractivity contribution in [1.82, 2.24) is 10.2 Å². The number of Topliss-reactive ketones (excluding diaryl/α,β-unsaturated/α-hetero) is 1. The van der Waals surface area contributed by atoms with Crippen molar-refractivity contribution in [3.05, 3.63) is 59.5 Å². The molecule has 0 amide bonds. The number of nitrogens with one attached hydrogen (secondary N) is 2. The highest BCUT2D eigenvalue weighted by Gasteiger charge is 2.15. The molecule has 7 nitrogen and oxygen atoms in total. The number of rotatable bonds is 6. The van der Waals surface area contributed by atoms with E-state index in [1.807, 2.05) is 0 Å². The molecule has 0 aliphatic heterocycles. The second-order valence-corrected chi connectivity index (χ2v) is 7.96. The maximum Gasteiger partial charge on any atom is 0.272 e. The fourth-order valence-electron chi connectivity index (χ4n) is 1.99. The van der Waals surface area contributed by atoms with Crippen molar-refractivity contribution < 1.29 is 13.2 Å². The van der Waals surface area contributed by atoms with E-state index in [2.05, 4.69) is 20.2 Å². The summed E-state index contributed by atoms with van der Waals surface area (Å²) in [6.45, 7) is 1.50. The van der Waals surface area contributed by atoms with Gasteiger partial charge in [-0.25, -0.2) is 8.42 Å². The molecule has 0 aliphatic carbocycles. The van der Waals surface area contributed by atoms with Gasteiger partial charge in [0.25, 0.3) is 10.0 Å². The van der Waals surface area contributed by atoms with Crippen molar-refractivity contribution >= 4 is 44.5 Å². The number of carbonyl (C=O) groups excluding carboxylic acids is 1. The lowest BCUT2D eigenvalue weighted by Gasteiger charge is -2.07. The summed E-state index contributed by atoms with van der Waals surface area (Å²) >= 11 is 1.12. The molecule has 0 spiro atoms. The number of hydrogen-bond donors (Lipinski definition) is 2. The molecule has 0 saturated carbocycles. The molecule has 3 aromatic rings. The molecule has 1 aromatic carbocycles. The highest BCUT2D eigenvalue weighted by Crippen LogP contribution is 2.20. The Labute approximate surface area is 148 Å². The van der Waals surface area contributed by atoms with E-state index in [1.165, 1.54) is 19.1 Å². The first-order valence-corrected chi connectivity index (χ1v) is 9.58. The van der Waals surface area contributed by atoms with Crippen LogP contribution in [-0.4, -0.2) is 24.4 Å². The molecule has 3 rings (SSSR count). The maximum atomic E-state index is 12.1. The molecule has 2 aromatic heterocycles. The molecule has 0 fully saturated rings. The highest BCUT2D eigenvalue weighted by molar-refractivity contribution is 7.94. The van der Waals surface area contributed by atoms with Crippen LogP contribution >= 0.6 is 11.3 Å². The molecule has 2 heterocycles. The number of hydrogen-bond acceptors (Lipinski definition) is 7.